The average Bonchev–Trinajstić information content (AvgIpc) is 2.79. The molecule has 5 heteroatoms. The third kappa shape index (κ3) is 3.14. The number of carbonyl (C=O) groups excluding carboxylic acids is 1. The van der Waals surface area contributed by atoms with Crippen LogP contribution in [0.5, 0.6) is 0 Å². The highest BCUT2D eigenvalue weighted by atomic mass is 16.5. The number of hydrogen-bond donors (Lipinski definition) is 1. The number of hydrogen-bond acceptors (Lipinski definition) is 4. The second-order valence-corrected chi connectivity index (χ2v) is 4.61. The number of morpholine rings is 1. The van der Waals surface area contributed by atoms with Gasteiger partial charge in [-0.25, -0.2) is 0 Å². The Kier molecular flexibility index (Phi) is 3.91. The Hall–Kier alpha value is -1.20. The Morgan fingerprint density at radius 2 is 2.53 bits per heavy atom. The van der Waals surface area contributed by atoms with Crippen LogP contribution >= 0.6 is 0 Å². The van der Waals surface area contributed by atoms with E-state index in [-0.39, 0.29) is 11.8 Å². The summed E-state index contributed by atoms with van der Waals surface area (Å²) in [4.78, 5) is 12.0. The van der Waals surface area contributed by atoms with Gasteiger partial charge in [-0.15, -0.1) is 0 Å². The Bertz CT molecular complexity index is 381. The largest absolute Gasteiger partial charge is 0.378 e. The maximum atomic E-state index is 12.0. The number of aromatic nitrogens is 2. The van der Waals surface area contributed by atoms with Gasteiger partial charge < -0.3 is 10.1 Å². The number of Topliss-reactive ketones (excluding diaryl/α,β-unsaturated/α-hetero) is 1. The quantitative estimate of drug-likeness (QED) is 0.831. The molecule has 1 aliphatic heterocycles. The average molecular weight is 237 g/mol. The van der Waals surface area contributed by atoms with Crippen LogP contribution in [0.4, 0.5) is 0 Å². The van der Waals surface area contributed by atoms with Crippen LogP contribution < -0.4 is 5.32 Å². The molecule has 1 aliphatic rings. The summed E-state index contributed by atoms with van der Waals surface area (Å²) in [6, 6.07) is 2.06. The summed E-state index contributed by atoms with van der Waals surface area (Å²) in [5, 5.41) is 7.53. The fourth-order valence-corrected chi connectivity index (χ4v) is 1.83. The van der Waals surface area contributed by atoms with Crippen LogP contribution in [0.3, 0.4) is 0 Å². The highest BCUT2D eigenvalue weighted by Gasteiger charge is 2.21. The van der Waals surface area contributed by atoms with Crippen molar-refractivity contribution in [3.8, 4) is 0 Å². The molecule has 1 fully saturated rings. The first-order valence-corrected chi connectivity index (χ1v) is 6.04. The van der Waals surface area contributed by atoms with Crippen molar-refractivity contribution >= 4 is 5.78 Å². The molecule has 1 aromatic heterocycles. The molecule has 1 atom stereocenters. The van der Waals surface area contributed by atoms with Gasteiger partial charge in [-0.2, -0.15) is 5.10 Å². The Morgan fingerprint density at radius 3 is 3.12 bits per heavy atom. The van der Waals surface area contributed by atoms with Crippen LogP contribution in [0.15, 0.2) is 12.3 Å². The first-order chi connectivity index (χ1) is 8.16. The minimum atomic E-state index is -0.173. The fourth-order valence-electron chi connectivity index (χ4n) is 1.83. The number of carbonyl (C=O) groups is 1. The summed E-state index contributed by atoms with van der Waals surface area (Å²) in [6.07, 6.45) is 2.29. The molecule has 0 bridgehead atoms. The van der Waals surface area contributed by atoms with Crippen molar-refractivity contribution in [3.05, 3.63) is 18.0 Å². The molecule has 5 nitrogen and oxygen atoms in total. The summed E-state index contributed by atoms with van der Waals surface area (Å²) in [7, 11) is 0. The van der Waals surface area contributed by atoms with E-state index >= 15 is 0 Å². The molecule has 1 saturated heterocycles. The van der Waals surface area contributed by atoms with E-state index in [1.807, 2.05) is 16.9 Å². The van der Waals surface area contributed by atoms with Crippen molar-refractivity contribution in [1.82, 2.24) is 15.1 Å². The molecule has 0 aromatic carbocycles. The van der Waals surface area contributed by atoms with Gasteiger partial charge in [-0.1, -0.05) is 0 Å². The van der Waals surface area contributed by atoms with Crippen molar-refractivity contribution in [2.45, 2.75) is 32.4 Å². The number of ether oxygens (including phenoxy) is 1. The highest BCUT2D eigenvalue weighted by molar-refractivity contribution is 5.86. The molecule has 17 heavy (non-hydrogen) atoms. The second kappa shape index (κ2) is 5.42. The van der Waals surface area contributed by atoms with Crippen LogP contribution in [0.25, 0.3) is 0 Å². The second-order valence-electron chi connectivity index (χ2n) is 4.61. The first-order valence-electron chi connectivity index (χ1n) is 6.04. The van der Waals surface area contributed by atoms with Gasteiger partial charge in [0.15, 0.2) is 5.78 Å². The zero-order valence-electron chi connectivity index (χ0n) is 10.3. The predicted octanol–water partition coefficient (Wildman–Crippen LogP) is 0.564. The van der Waals surface area contributed by atoms with Gasteiger partial charge >= 0.3 is 0 Å². The lowest BCUT2D eigenvalue weighted by Gasteiger charge is -2.22. The molecule has 2 rings (SSSR count). The minimum absolute atomic E-state index is 0.152. The van der Waals surface area contributed by atoms with Gasteiger partial charge in [0.05, 0.1) is 31.4 Å². The molecule has 0 spiro atoms. The summed E-state index contributed by atoms with van der Waals surface area (Å²) in [5.41, 5.74) is 0.830. The molecular formula is C12H19N3O2. The topological polar surface area (TPSA) is 56.1 Å². The SMILES string of the molecule is CC(C)n1ccc(CC(=O)C2COCCN2)n1. The van der Waals surface area contributed by atoms with Crippen molar-refractivity contribution < 1.29 is 9.53 Å². The van der Waals surface area contributed by atoms with Crippen molar-refractivity contribution in [2.75, 3.05) is 19.8 Å². The first kappa shape index (κ1) is 12.3. The van der Waals surface area contributed by atoms with E-state index in [1.165, 1.54) is 0 Å². The molecule has 0 saturated carbocycles. The maximum absolute atomic E-state index is 12.0. The minimum Gasteiger partial charge on any atom is -0.378 e. The van der Waals surface area contributed by atoms with E-state index in [0.717, 1.165) is 12.2 Å². The standard InChI is InChI=1S/C12H19N3O2/c1-9(2)15-5-3-10(14-15)7-12(16)11-8-17-6-4-13-11/h3,5,9,11,13H,4,6-8H2,1-2H3. The molecule has 94 valence electrons. The lowest BCUT2D eigenvalue weighted by Crippen LogP contribution is -2.47. The van der Waals surface area contributed by atoms with Gasteiger partial charge in [0, 0.05) is 18.8 Å². The van der Waals surface area contributed by atoms with Crippen LogP contribution in [0, 0.1) is 0 Å². The van der Waals surface area contributed by atoms with Crippen molar-refractivity contribution in [1.29, 1.82) is 0 Å². The van der Waals surface area contributed by atoms with Crippen LogP contribution in [-0.4, -0.2) is 41.4 Å². The Balaban J connectivity index is 1.92. The van der Waals surface area contributed by atoms with Gasteiger partial charge in [-0.05, 0) is 19.9 Å². The van der Waals surface area contributed by atoms with Crippen molar-refractivity contribution in [3.63, 3.8) is 0 Å². The Morgan fingerprint density at radius 1 is 1.71 bits per heavy atom. The lowest BCUT2D eigenvalue weighted by molar-refractivity contribution is -0.123. The summed E-state index contributed by atoms with van der Waals surface area (Å²) in [5.74, 6) is 0.152. The van der Waals surface area contributed by atoms with E-state index < -0.39 is 0 Å². The van der Waals surface area contributed by atoms with E-state index in [0.29, 0.717) is 25.7 Å². The van der Waals surface area contributed by atoms with Gasteiger partial charge in [-0.3, -0.25) is 9.48 Å². The normalized spacial score (nSPS) is 20.8. The fraction of sp³-hybridized carbons (Fsp3) is 0.667. The zero-order valence-corrected chi connectivity index (χ0v) is 10.3. The molecule has 2 heterocycles. The smallest absolute Gasteiger partial charge is 0.158 e. The van der Waals surface area contributed by atoms with Gasteiger partial charge in [0.1, 0.15) is 0 Å². The molecule has 0 aliphatic carbocycles. The molecule has 1 N–H and O–H groups in total. The Labute approximate surface area is 101 Å². The molecule has 1 unspecified atom stereocenters. The van der Waals surface area contributed by atoms with Crippen LogP contribution in [0.2, 0.25) is 0 Å². The monoisotopic (exact) mass is 237 g/mol. The third-order valence-corrected chi connectivity index (χ3v) is 2.86. The maximum Gasteiger partial charge on any atom is 0.158 e. The molecule has 0 radical (unpaired) electrons. The van der Waals surface area contributed by atoms with E-state index in [2.05, 4.69) is 24.3 Å². The molecular weight excluding hydrogens is 218 g/mol. The number of nitrogens with zero attached hydrogens (tertiary/aromatic N) is 2. The molecule has 1 aromatic rings. The van der Waals surface area contributed by atoms with Gasteiger partial charge in [0.2, 0.25) is 0 Å². The van der Waals surface area contributed by atoms with Gasteiger partial charge in [0.25, 0.3) is 0 Å². The molecule has 0 amide bonds. The number of nitrogens with one attached hydrogen (secondary N) is 1. The van der Waals surface area contributed by atoms with E-state index in [1.54, 1.807) is 0 Å². The van der Waals surface area contributed by atoms with E-state index in [4.69, 9.17) is 4.74 Å². The number of rotatable bonds is 4. The predicted molar refractivity (Wildman–Crippen MR) is 63.9 cm³/mol. The summed E-state index contributed by atoms with van der Waals surface area (Å²) < 4.78 is 7.14. The summed E-state index contributed by atoms with van der Waals surface area (Å²) >= 11 is 0. The van der Waals surface area contributed by atoms with Crippen LogP contribution in [0.1, 0.15) is 25.6 Å². The van der Waals surface area contributed by atoms with Crippen molar-refractivity contribution in [2.24, 2.45) is 0 Å². The van der Waals surface area contributed by atoms with Crippen LogP contribution in [-0.2, 0) is 16.0 Å². The summed E-state index contributed by atoms with van der Waals surface area (Å²) in [6.45, 7) is 6.04. The van der Waals surface area contributed by atoms with E-state index in [9.17, 15) is 4.79 Å². The number of ketones is 1. The lowest BCUT2D eigenvalue weighted by atomic mass is 10.1. The third-order valence-electron chi connectivity index (χ3n) is 2.86. The highest BCUT2D eigenvalue weighted by Crippen LogP contribution is 2.06. The zero-order chi connectivity index (χ0) is 12.3.